The third-order valence-corrected chi connectivity index (χ3v) is 8.71. The van der Waals surface area contributed by atoms with Gasteiger partial charge in [0.05, 0.1) is 12.2 Å². The van der Waals surface area contributed by atoms with E-state index in [0.29, 0.717) is 12.2 Å². The normalized spacial score (nSPS) is 36.5. The van der Waals surface area contributed by atoms with Crippen LogP contribution in [-0.4, -0.2) is 12.2 Å². The topological polar surface area (TPSA) is 9.23 Å². The van der Waals surface area contributed by atoms with Crippen molar-refractivity contribution in [2.75, 3.05) is 0 Å². The molecule has 1 nitrogen and oxygen atoms in total. The highest BCUT2D eigenvalue weighted by atomic mass is 16.5. The molecule has 0 N–H and O–H groups in total. The molecule has 0 amide bonds. The molecule has 7 atom stereocenters. The summed E-state index contributed by atoms with van der Waals surface area (Å²) >= 11 is 0. The van der Waals surface area contributed by atoms with E-state index >= 15 is 0 Å². The molecule has 0 bridgehead atoms. The van der Waals surface area contributed by atoms with Gasteiger partial charge in [-0.25, -0.2) is 0 Å². The van der Waals surface area contributed by atoms with Crippen LogP contribution >= 0.6 is 0 Å². The van der Waals surface area contributed by atoms with Gasteiger partial charge >= 0.3 is 0 Å². The predicted octanol–water partition coefficient (Wildman–Crippen LogP) is 8.55. The molecule has 0 aliphatic heterocycles. The van der Waals surface area contributed by atoms with Crippen molar-refractivity contribution in [3.63, 3.8) is 0 Å². The Morgan fingerprint density at radius 1 is 0.714 bits per heavy atom. The van der Waals surface area contributed by atoms with E-state index in [0.717, 1.165) is 29.6 Å². The van der Waals surface area contributed by atoms with Crippen LogP contribution in [0, 0.1) is 29.6 Å². The van der Waals surface area contributed by atoms with E-state index in [4.69, 9.17) is 4.74 Å². The average Bonchev–Trinajstić information content (AvgIpc) is 2.71. The van der Waals surface area contributed by atoms with Gasteiger partial charge in [-0.1, -0.05) is 71.6 Å². The van der Waals surface area contributed by atoms with E-state index in [-0.39, 0.29) is 0 Å². The maximum atomic E-state index is 6.50. The number of ether oxygens (including phenoxy) is 1. The van der Waals surface area contributed by atoms with Crippen molar-refractivity contribution in [1.29, 1.82) is 0 Å². The van der Waals surface area contributed by atoms with Crippen molar-refractivity contribution in [1.82, 2.24) is 0 Å². The summed E-state index contributed by atoms with van der Waals surface area (Å²) in [7, 11) is 0. The second-order valence-electron chi connectivity index (χ2n) is 10.8. The Morgan fingerprint density at radius 3 is 2.14 bits per heavy atom. The molecule has 3 fully saturated rings. The smallest absolute Gasteiger partial charge is 0.0581 e. The molecule has 0 aromatic carbocycles. The molecule has 28 heavy (non-hydrogen) atoms. The summed E-state index contributed by atoms with van der Waals surface area (Å²) in [6.45, 7) is 6.94. The van der Waals surface area contributed by atoms with Gasteiger partial charge in [0.25, 0.3) is 0 Å². The average molecular weight is 391 g/mol. The summed E-state index contributed by atoms with van der Waals surface area (Å²) in [6, 6.07) is 0. The van der Waals surface area contributed by atoms with E-state index in [2.05, 4.69) is 20.8 Å². The Balaban J connectivity index is 1.40. The van der Waals surface area contributed by atoms with Gasteiger partial charge in [0.1, 0.15) is 0 Å². The molecule has 0 saturated heterocycles. The predicted molar refractivity (Wildman–Crippen MR) is 122 cm³/mol. The van der Waals surface area contributed by atoms with E-state index in [1.165, 1.54) is 89.9 Å². The van der Waals surface area contributed by atoms with Crippen LogP contribution in [-0.2, 0) is 4.74 Å². The Bertz CT molecular complexity index is 418. The fraction of sp³-hybridized carbons (Fsp3) is 1.00. The van der Waals surface area contributed by atoms with Crippen LogP contribution in [0.15, 0.2) is 0 Å². The van der Waals surface area contributed by atoms with Crippen molar-refractivity contribution in [3.05, 3.63) is 0 Å². The van der Waals surface area contributed by atoms with Gasteiger partial charge in [-0.3, -0.25) is 0 Å². The zero-order chi connectivity index (χ0) is 19.8. The molecule has 3 rings (SSSR count). The van der Waals surface area contributed by atoms with Crippen LogP contribution in [0.5, 0.6) is 0 Å². The van der Waals surface area contributed by atoms with Gasteiger partial charge in [-0.2, -0.15) is 0 Å². The monoisotopic (exact) mass is 390 g/mol. The lowest BCUT2D eigenvalue weighted by Crippen LogP contribution is -2.43. The summed E-state index contributed by atoms with van der Waals surface area (Å²) in [6.07, 6.45) is 25.6. The number of hydrogen-bond acceptors (Lipinski definition) is 1. The molecule has 1 heteroatoms. The lowest BCUT2D eigenvalue weighted by atomic mass is 9.56. The molecule has 164 valence electrons. The second-order valence-corrected chi connectivity index (χ2v) is 10.8. The maximum Gasteiger partial charge on any atom is 0.0581 e. The molecule has 0 heterocycles. The third kappa shape index (κ3) is 6.48. The fourth-order valence-corrected chi connectivity index (χ4v) is 7.17. The first kappa shape index (κ1) is 22.6. The van der Waals surface area contributed by atoms with E-state index in [9.17, 15) is 0 Å². The quantitative estimate of drug-likeness (QED) is 0.321. The summed E-state index contributed by atoms with van der Waals surface area (Å²) < 4.78 is 6.50. The summed E-state index contributed by atoms with van der Waals surface area (Å²) in [5, 5.41) is 0. The van der Waals surface area contributed by atoms with Crippen LogP contribution in [0.25, 0.3) is 0 Å². The molecule has 3 aliphatic carbocycles. The molecular formula is C27H50O. The van der Waals surface area contributed by atoms with Crippen molar-refractivity contribution >= 4 is 0 Å². The van der Waals surface area contributed by atoms with Crippen LogP contribution in [0.4, 0.5) is 0 Å². The SMILES string of the molecule is CCCCCCC1CCC2C(CCC3CC(OC(C)CCCCC)CCC32)C1. The largest absolute Gasteiger partial charge is 0.375 e. The van der Waals surface area contributed by atoms with Crippen molar-refractivity contribution in [2.45, 2.75) is 142 Å². The van der Waals surface area contributed by atoms with Crippen LogP contribution in [0.1, 0.15) is 130 Å². The Hall–Kier alpha value is -0.0400. The zero-order valence-electron chi connectivity index (χ0n) is 19.5. The highest BCUT2D eigenvalue weighted by Crippen LogP contribution is 2.53. The van der Waals surface area contributed by atoms with Crippen molar-refractivity contribution in [2.24, 2.45) is 29.6 Å². The number of rotatable bonds is 11. The van der Waals surface area contributed by atoms with Gasteiger partial charge in [0, 0.05) is 0 Å². The lowest BCUT2D eigenvalue weighted by molar-refractivity contribution is -0.0774. The number of hydrogen-bond donors (Lipinski definition) is 0. The van der Waals surface area contributed by atoms with Gasteiger partial charge in [0.15, 0.2) is 0 Å². The van der Waals surface area contributed by atoms with Gasteiger partial charge in [-0.15, -0.1) is 0 Å². The van der Waals surface area contributed by atoms with E-state index in [1.807, 2.05) is 0 Å². The number of unbranched alkanes of at least 4 members (excludes halogenated alkanes) is 5. The van der Waals surface area contributed by atoms with Gasteiger partial charge in [-0.05, 0) is 87.9 Å². The lowest BCUT2D eigenvalue weighted by Gasteiger charge is -2.51. The zero-order valence-corrected chi connectivity index (χ0v) is 19.5. The van der Waals surface area contributed by atoms with Crippen molar-refractivity contribution in [3.8, 4) is 0 Å². The molecule has 0 aromatic heterocycles. The first-order valence-corrected chi connectivity index (χ1v) is 13.4. The molecule has 3 saturated carbocycles. The Kier molecular flexibility index (Phi) is 9.68. The fourth-order valence-electron chi connectivity index (χ4n) is 7.17. The minimum atomic E-state index is 0.479. The molecule has 0 spiro atoms. The molecule has 3 aliphatic rings. The highest BCUT2D eigenvalue weighted by Gasteiger charge is 2.44. The van der Waals surface area contributed by atoms with Crippen LogP contribution in [0.2, 0.25) is 0 Å². The van der Waals surface area contributed by atoms with Crippen molar-refractivity contribution < 1.29 is 4.74 Å². The minimum absolute atomic E-state index is 0.479. The standard InChI is InChI=1S/C27H50O/c1-4-6-8-10-12-22-13-17-26-23(19-22)14-15-24-20-25(16-18-27(24)26)28-21(3)11-9-7-5-2/h21-27H,4-20H2,1-3H3. The summed E-state index contributed by atoms with van der Waals surface area (Å²) in [5.74, 6) is 5.27. The summed E-state index contributed by atoms with van der Waals surface area (Å²) in [5.41, 5.74) is 0. The van der Waals surface area contributed by atoms with Gasteiger partial charge < -0.3 is 4.74 Å². The van der Waals surface area contributed by atoms with Crippen LogP contribution < -0.4 is 0 Å². The first-order valence-electron chi connectivity index (χ1n) is 13.4. The van der Waals surface area contributed by atoms with E-state index in [1.54, 1.807) is 19.3 Å². The number of fused-ring (bicyclic) bond motifs is 3. The Labute approximate surface area is 176 Å². The maximum absolute atomic E-state index is 6.50. The summed E-state index contributed by atoms with van der Waals surface area (Å²) in [4.78, 5) is 0. The minimum Gasteiger partial charge on any atom is -0.375 e. The Morgan fingerprint density at radius 2 is 1.39 bits per heavy atom. The van der Waals surface area contributed by atoms with Gasteiger partial charge in [0.2, 0.25) is 0 Å². The van der Waals surface area contributed by atoms with Crippen LogP contribution in [0.3, 0.4) is 0 Å². The first-order chi connectivity index (χ1) is 13.7. The molecule has 0 aromatic rings. The molecule has 7 unspecified atom stereocenters. The third-order valence-electron chi connectivity index (χ3n) is 8.71. The molecular weight excluding hydrogens is 340 g/mol. The second kappa shape index (κ2) is 12.0. The molecule has 0 radical (unpaired) electrons. The van der Waals surface area contributed by atoms with E-state index < -0.39 is 0 Å². The highest BCUT2D eigenvalue weighted by molar-refractivity contribution is 4.94.